The van der Waals surface area contributed by atoms with Crippen molar-refractivity contribution in [3.05, 3.63) is 53.0 Å². The molecular weight excluding hydrogens is 250 g/mol. The quantitative estimate of drug-likeness (QED) is 0.869. The highest BCUT2D eigenvalue weighted by Crippen LogP contribution is 2.32. The second-order valence-electron chi connectivity index (χ2n) is 5.09. The minimum absolute atomic E-state index is 0.259. The average molecular weight is 273 g/mol. The largest absolute Gasteiger partial charge is 0.496 e. The molecular formula is C17H23NO2. The van der Waals surface area contributed by atoms with Gasteiger partial charge in [0.05, 0.1) is 13.4 Å². The normalized spacial score (nSPS) is 12.4. The van der Waals surface area contributed by atoms with Crippen LogP contribution in [-0.4, -0.2) is 14.2 Å². The van der Waals surface area contributed by atoms with Crippen molar-refractivity contribution >= 4 is 0 Å². The molecule has 3 heteroatoms. The van der Waals surface area contributed by atoms with Gasteiger partial charge in [-0.25, -0.2) is 0 Å². The van der Waals surface area contributed by atoms with Gasteiger partial charge in [-0.3, -0.25) is 0 Å². The van der Waals surface area contributed by atoms with Gasteiger partial charge in [0, 0.05) is 18.0 Å². The first kappa shape index (κ1) is 14.7. The SMILES string of the molecule is CNC(CCc1ccco1)c1ccc(C)c(C)c1OC. The average Bonchev–Trinajstić information content (AvgIpc) is 2.96. The molecule has 0 amide bonds. The van der Waals surface area contributed by atoms with Crippen molar-refractivity contribution in [1.29, 1.82) is 0 Å². The predicted molar refractivity (Wildman–Crippen MR) is 81.3 cm³/mol. The summed E-state index contributed by atoms with van der Waals surface area (Å²) in [6.45, 7) is 4.22. The zero-order valence-corrected chi connectivity index (χ0v) is 12.7. The molecule has 1 aromatic carbocycles. The molecule has 1 aromatic heterocycles. The van der Waals surface area contributed by atoms with Crippen LogP contribution in [0.2, 0.25) is 0 Å². The number of ether oxygens (including phenoxy) is 1. The van der Waals surface area contributed by atoms with E-state index in [-0.39, 0.29) is 6.04 Å². The lowest BCUT2D eigenvalue weighted by atomic mass is 9.96. The number of hydrogen-bond acceptors (Lipinski definition) is 3. The second-order valence-corrected chi connectivity index (χ2v) is 5.09. The van der Waals surface area contributed by atoms with E-state index in [1.807, 2.05) is 19.2 Å². The molecule has 0 aliphatic carbocycles. The summed E-state index contributed by atoms with van der Waals surface area (Å²) in [4.78, 5) is 0. The third-order valence-corrected chi connectivity index (χ3v) is 3.89. The highest BCUT2D eigenvalue weighted by atomic mass is 16.5. The van der Waals surface area contributed by atoms with Gasteiger partial charge in [-0.1, -0.05) is 12.1 Å². The number of benzene rings is 1. The van der Waals surface area contributed by atoms with E-state index in [1.54, 1.807) is 13.4 Å². The third kappa shape index (κ3) is 3.05. The van der Waals surface area contributed by atoms with Gasteiger partial charge in [0.1, 0.15) is 11.5 Å². The van der Waals surface area contributed by atoms with E-state index in [1.165, 1.54) is 16.7 Å². The van der Waals surface area contributed by atoms with Crippen LogP contribution in [0.1, 0.15) is 34.9 Å². The molecule has 2 aromatic rings. The molecule has 0 radical (unpaired) electrons. The molecule has 20 heavy (non-hydrogen) atoms. The lowest BCUT2D eigenvalue weighted by molar-refractivity contribution is 0.393. The van der Waals surface area contributed by atoms with Gasteiger partial charge in [0.15, 0.2) is 0 Å². The van der Waals surface area contributed by atoms with Crippen molar-refractivity contribution in [3.8, 4) is 5.75 Å². The smallest absolute Gasteiger partial charge is 0.126 e. The lowest BCUT2D eigenvalue weighted by Gasteiger charge is -2.21. The van der Waals surface area contributed by atoms with Crippen molar-refractivity contribution in [2.75, 3.05) is 14.2 Å². The molecule has 0 spiro atoms. The van der Waals surface area contributed by atoms with Crippen LogP contribution in [-0.2, 0) is 6.42 Å². The van der Waals surface area contributed by atoms with E-state index in [2.05, 4.69) is 31.3 Å². The Kier molecular flexibility index (Phi) is 4.85. The monoisotopic (exact) mass is 273 g/mol. The molecule has 0 fully saturated rings. The van der Waals surface area contributed by atoms with Crippen molar-refractivity contribution < 1.29 is 9.15 Å². The number of methoxy groups -OCH3 is 1. The highest BCUT2D eigenvalue weighted by molar-refractivity contribution is 5.46. The zero-order chi connectivity index (χ0) is 14.5. The molecule has 0 aliphatic rings. The van der Waals surface area contributed by atoms with Gasteiger partial charge in [-0.15, -0.1) is 0 Å². The Morgan fingerprint density at radius 1 is 1.25 bits per heavy atom. The number of rotatable bonds is 6. The third-order valence-electron chi connectivity index (χ3n) is 3.89. The van der Waals surface area contributed by atoms with Gasteiger partial charge in [-0.2, -0.15) is 0 Å². The molecule has 1 N–H and O–H groups in total. The topological polar surface area (TPSA) is 34.4 Å². The predicted octanol–water partition coefficient (Wildman–Crippen LogP) is 3.80. The molecule has 0 bridgehead atoms. The molecule has 2 rings (SSSR count). The summed E-state index contributed by atoms with van der Waals surface area (Å²) < 4.78 is 11.0. The number of furan rings is 1. The summed E-state index contributed by atoms with van der Waals surface area (Å²) in [5, 5.41) is 3.38. The molecule has 0 aliphatic heterocycles. The molecule has 3 nitrogen and oxygen atoms in total. The summed E-state index contributed by atoms with van der Waals surface area (Å²) >= 11 is 0. The Balaban J connectivity index is 2.20. The van der Waals surface area contributed by atoms with E-state index >= 15 is 0 Å². The van der Waals surface area contributed by atoms with Crippen LogP contribution in [0.3, 0.4) is 0 Å². The lowest BCUT2D eigenvalue weighted by Crippen LogP contribution is -2.18. The maximum absolute atomic E-state index is 5.61. The van der Waals surface area contributed by atoms with E-state index < -0.39 is 0 Å². The second kappa shape index (κ2) is 6.62. The molecule has 1 unspecified atom stereocenters. The van der Waals surface area contributed by atoms with Gasteiger partial charge in [0.25, 0.3) is 0 Å². The molecule has 1 heterocycles. The fourth-order valence-electron chi connectivity index (χ4n) is 2.55. The van der Waals surface area contributed by atoms with Crippen LogP contribution < -0.4 is 10.1 Å². The molecule has 0 saturated heterocycles. The van der Waals surface area contributed by atoms with Crippen molar-refractivity contribution in [1.82, 2.24) is 5.32 Å². The maximum atomic E-state index is 5.61. The van der Waals surface area contributed by atoms with Crippen LogP contribution in [0.4, 0.5) is 0 Å². The molecule has 0 saturated carbocycles. The van der Waals surface area contributed by atoms with Crippen LogP contribution in [0, 0.1) is 13.8 Å². The fraction of sp³-hybridized carbons (Fsp3) is 0.412. The highest BCUT2D eigenvalue weighted by Gasteiger charge is 2.17. The fourth-order valence-corrected chi connectivity index (χ4v) is 2.55. The van der Waals surface area contributed by atoms with Crippen LogP contribution in [0.5, 0.6) is 5.75 Å². The minimum Gasteiger partial charge on any atom is -0.496 e. The first-order valence-corrected chi connectivity index (χ1v) is 7.01. The van der Waals surface area contributed by atoms with Crippen molar-refractivity contribution in [2.24, 2.45) is 0 Å². The number of aryl methyl sites for hydroxylation is 2. The van der Waals surface area contributed by atoms with Gasteiger partial charge in [-0.05, 0) is 50.6 Å². The van der Waals surface area contributed by atoms with E-state index in [0.717, 1.165) is 24.4 Å². The first-order valence-electron chi connectivity index (χ1n) is 7.01. The summed E-state index contributed by atoms with van der Waals surface area (Å²) in [7, 11) is 3.73. The summed E-state index contributed by atoms with van der Waals surface area (Å²) in [6, 6.07) is 8.52. The molecule has 108 valence electrons. The summed E-state index contributed by atoms with van der Waals surface area (Å²) in [6.07, 6.45) is 3.61. The Labute approximate surface area is 121 Å². The Hall–Kier alpha value is -1.74. The minimum atomic E-state index is 0.259. The standard InChI is InChI=1S/C17H23NO2/c1-12-7-9-15(17(19-4)13(12)2)16(18-3)10-8-14-6-5-11-20-14/h5-7,9,11,16,18H,8,10H2,1-4H3. The van der Waals surface area contributed by atoms with Gasteiger partial charge in [0.2, 0.25) is 0 Å². The zero-order valence-electron chi connectivity index (χ0n) is 12.7. The summed E-state index contributed by atoms with van der Waals surface area (Å²) in [5.74, 6) is 2.01. The molecule has 1 atom stereocenters. The van der Waals surface area contributed by atoms with E-state index in [0.29, 0.717) is 0 Å². The Bertz CT molecular complexity index is 546. The number of nitrogens with one attached hydrogen (secondary N) is 1. The van der Waals surface area contributed by atoms with Crippen molar-refractivity contribution in [3.63, 3.8) is 0 Å². The van der Waals surface area contributed by atoms with Gasteiger partial charge >= 0.3 is 0 Å². The Morgan fingerprint density at radius 2 is 2.05 bits per heavy atom. The summed E-state index contributed by atoms with van der Waals surface area (Å²) in [5.41, 5.74) is 3.68. The Morgan fingerprint density at radius 3 is 2.65 bits per heavy atom. The van der Waals surface area contributed by atoms with E-state index in [4.69, 9.17) is 9.15 Å². The van der Waals surface area contributed by atoms with Crippen LogP contribution >= 0.6 is 0 Å². The van der Waals surface area contributed by atoms with E-state index in [9.17, 15) is 0 Å². The van der Waals surface area contributed by atoms with Gasteiger partial charge < -0.3 is 14.5 Å². The van der Waals surface area contributed by atoms with Crippen LogP contribution in [0.15, 0.2) is 34.9 Å². The first-order chi connectivity index (χ1) is 9.67. The van der Waals surface area contributed by atoms with Crippen LogP contribution in [0.25, 0.3) is 0 Å². The maximum Gasteiger partial charge on any atom is 0.126 e. The number of hydrogen-bond donors (Lipinski definition) is 1. The van der Waals surface area contributed by atoms with Crippen molar-refractivity contribution in [2.45, 2.75) is 32.7 Å².